The third-order valence-corrected chi connectivity index (χ3v) is 7.80. The van der Waals surface area contributed by atoms with Gasteiger partial charge in [0.15, 0.2) is 0 Å². The van der Waals surface area contributed by atoms with Crippen molar-refractivity contribution in [1.82, 2.24) is 9.80 Å². The van der Waals surface area contributed by atoms with Crippen molar-refractivity contribution < 1.29 is 14.7 Å². The Hall–Kier alpha value is -3.44. The quantitative estimate of drug-likeness (QED) is 0.542. The third-order valence-electron chi connectivity index (χ3n) is 7.80. The van der Waals surface area contributed by atoms with Crippen molar-refractivity contribution in [2.75, 3.05) is 7.05 Å². The first kappa shape index (κ1) is 23.3. The maximum atomic E-state index is 14.2. The number of hydrogen-bond donors (Lipinski definition) is 1. The number of piperidine rings is 2. The van der Waals surface area contributed by atoms with Gasteiger partial charge in [0.05, 0.1) is 5.92 Å². The van der Waals surface area contributed by atoms with Gasteiger partial charge in [0.1, 0.15) is 6.04 Å². The summed E-state index contributed by atoms with van der Waals surface area (Å²) >= 11 is 0. The summed E-state index contributed by atoms with van der Waals surface area (Å²) < 4.78 is 0. The van der Waals surface area contributed by atoms with Gasteiger partial charge in [-0.15, -0.1) is 0 Å². The Morgan fingerprint density at radius 2 is 1.43 bits per heavy atom. The van der Waals surface area contributed by atoms with Crippen LogP contribution in [-0.2, 0) is 16.1 Å². The molecule has 1 unspecified atom stereocenters. The molecule has 0 radical (unpaired) electrons. The monoisotopic (exact) mass is 468 g/mol. The molecule has 3 aliphatic rings. The van der Waals surface area contributed by atoms with Crippen molar-refractivity contribution in [3.63, 3.8) is 0 Å². The maximum Gasteiger partial charge on any atom is 0.326 e. The molecule has 180 valence electrons. The fourth-order valence-corrected chi connectivity index (χ4v) is 6.24. The molecule has 5 nitrogen and oxygen atoms in total. The highest BCUT2D eigenvalue weighted by Gasteiger charge is 2.54. The first-order valence-corrected chi connectivity index (χ1v) is 12.4. The van der Waals surface area contributed by atoms with E-state index < -0.39 is 17.9 Å². The van der Waals surface area contributed by atoms with Crippen LogP contribution in [0.3, 0.4) is 0 Å². The fraction of sp³-hybridized carbons (Fsp3) is 0.333. The molecule has 1 amide bonds. The van der Waals surface area contributed by atoms with Gasteiger partial charge in [-0.05, 0) is 43.0 Å². The molecular weight excluding hydrogens is 436 g/mol. The molecule has 0 aromatic heterocycles. The second kappa shape index (κ2) is 10.0. The smallest absolute Gasteiger partial charge is 0.326 e. The highest BCUT2D eigenvalue weighted by molar-refractivity contribution is 5.91. The van der Waals surface area contributed by atoms with Gasteiger partial charge >= 0.3 is 5.97 Å². The molecule has 2 aliphatic heterocycles. The van der Waals surface area contributed by atoms with Crippen molar-refractivity contribution in [3.8, 4) is 0 Å². The van der Waals surface area contributed by atoms with E-state index in [-0.39, 0.29) is 23.9 Å². The van der Waals surface area contributed by atoms with Crippen LogP contribution in [0.1, 0.15) is 41.9 Å². The molecule has 2 heterocycles. The molecule has 4 atom stereocenters. The Balaban J connectivity index is 1.46. The largest absolute Gasteiger partial charge is 0.480 e. The molecule has 3 aromatic rings. The predicted octanol–water partition coefficient (Wildman–Crippen LogP) is 4.78. The Morgan fingerprint density at radius 1 is 0.886 bits per heavy atom. The van der Waals surface area contributed by atoms with Crippen LogP contribution in [0.5, 0.6) is 0 Å². The van der Waals surface area contributed by atoms with Gasteiger partial charge in [-0.3, -0.25) is 9.69 Å². The first-order chi connectivity index (χ1) is 17.0. The summed E-state index contributed by atoms with van der Waals surface area (Å²) in [5.74, 6) is -1.61. The highest BCUT2D eigenvalue weighted by atomic mass is 16.4. The lowest BCUT2D eigenvalue weighted by Crippen LogP contribution is -2.67. The lowest BCUT2D eigenvalue weighted by atomic mass is 9.69. The summed E-state index contributed by atoms with van der Waals surface area (Å²) in [5.41, 5.74) is 3.00. The average molecular weight is 469 g/mol. The molecule has 3 fully saturated rings. The van der Waals surface area contributed by atoms with Gasteiger partial charge in [0.25, 0.3) is 0 Å². The van der Waals surface area contributed by atoms with Crippen molar-refractivity contribution in [2.24, 2.45) is 5.92 Å². The summed E-state index contributed by atoms with van der Waals surface area (Å²) in [6.07, 6.45) is 2.49. The summed E-state index contributed by atoms with van der Waals surface area (Å²) in [5, 5.41) is 10.4. The standard InChI is InChI=1S/C30H32N2O3/c1-31(20-21-11-5-2-6-12-21)26-19-24-17-18-25(26)28(30(34)35)32(24)29(33)27(22-13-7-3-8-14-22)23-15-9-4-10-16-23/h2-16,24-28H,17-20H2,1H3,(H,34,35)/t24-,25+,26?,28-/m0/s1. The number of carbonyl (C=O) groups excluding carboxylic acids is 1. The minimum Gasteiger partial charge on any atom is -0.480 e. The topological polar surface area (TPSA) is 60.9 Å². The van der Waals surface area contributed by atoms with E-state index in [1.165, 1.54) is 5.56 Å². The summed E-state index contributed by atoms with van der Waals surface area (Å²) in [6, 6.07) is 29.0. The number of aliphatic carboxylic acids is 1. The Labute approximate surface area is 207 Å². The number of carbonyl (C=O) groups is 2. The molecule has 0 spiro atoms. The normalized spacial score (nSPS) is 23.6. The van der Waals surface area contributed by atoms with Crippen molar-refractivity contribution in [1.29, 1.82) is 0 Å². The van der Waals surface area contributed by atoms with Crippen LogP contribution in [-0.4, -0.2) is 52.0 Å². The number of amides is 1. The molecule has 1 saturated carbocycles. The summed E-state index contributed by atoms with van der Waals surface area (Å²) in [4.78, 5) is 30.9. The number of nitrogens with zero attached hydrogens (tertiary/aromatic N) is 2. The van der Waals surface area contributed by atoms with Crippen LogP contribution in [0.4, 0.5) is 0 Å². The number of carboxylic acids is 1. The Morgan fingerprint density at radius 3 is 1.97 bits per heavy atom. The van der Waals surface area contributed by atoms with Gasteiger partial charge in [-0.1, -0.05) is 91.0 Å². The molecule has 2 bridgehead atoms. The van der Waals surface area contributed by atoms with Gasteiger partial charge in [-0.25, -0.2) is 4.79 Å². The van der Waals surface area contributed by atoms with E-state index in [9.17, 15) is 14.7 Å². The van der Waals surface area contributed by atoms with E-state index in [0.29, 0.717) is 0 Å². The number of hydrogen-bond acceptors (Lipinski definition) is 3. The molecule has 2 saturated heterocycles. The minimum absolute atomic E-state index is 0.0771. The van der Waals surface area contributed by atoms with Gasteiger partial charge in [0.2, 0.25) is 5.91 Å². The number of benzene rings is 3. The van der Waals surface area contributed by atoms with Gasteiger partial charge in [-0.2, -0.15) is 0 Å². The Bertz CT molecular complexity index is 1110. The van der Waals surface area contributed by atoms with E-state index in [1.54, 1.807) is 4.90 Å². The van der Waals surface area contributed by atoms with Crippen LogP contribution in [0.25, 0.3) is 0 Å². The third kappa shape index (κ3) is 4.61. The summed E-state index contributed by atoms with van der Waals surface area (Å²) in [7, 11) is 2.08. The second-order valence-electron chi connectivity index (χ2n) is 9.88. The van der Waals surface area contributed by atoms with E-state index in [0.717, 1.165) is 36.9 Å². The van der Waals surface area contributed by atoms with E-state index in [4.69, 9.17) is 0 Å². The van der Waals surface area contributed by atoms with Crippen LogP contribution in [0, 0.1) is 5.92 Å². The number of carboxylic acid groups (broad SMARTS) is 1. The fourth-order valence-electron chi connectivity index (χ4n) is 6.24. The molecule has 5 heteroatoms. The SMILES string of the molecule is CN(Cc1ccccc1)C1C[C@@H]2CC[C@H]1[C@@H](C(=O)O)N2C(=O)C(c1ccccc1)c1ccccc1. The molecular formula is C30H32N2O3. The second-order valence-corrected chi connectivity index (χ2v) is 9.88. The zero-order valence-corrected chi connectivity index (χ0v) is 20.0. The Kier molecular flexibility index (Phi) is 6.69. The zero-order chi connectivity index (χ0) is 24.4. The van der Waals surface area contributed by atoms with Crippen LogP contribution >= 0.6 is 0 Å². The highest BCUT2D eigenvalue weighted by Crippen LogP contribution is 2.44. The summed E-state index contributed by atoms with van der Waals surface area (Å²) in [6.45, 7) is 0.770. The molecule has 3 aromatic carbocycles. The minimum atomic E-state index is -0.897. The van der Waals surface area contributed by atoms with Crippen LogP contribution < -0.4 is 0 Å². The van der Waals surface area contributed by atoms with Crippen molar-refractivity contribution >= 4 is 11.9 Å². The molecule has 35 heavy (non-hydrogen) atoms. The lowest BCUT2D eigenvalue weighted by Gasteiger charge is -2.55. The van der Waals surface area contributed by atoms with E-state index in [1.807, 2.05) is 78.9 Å². The van der Waals surface area contributed by atoms with E-state index in [2.05, 4.69) is 24.1 Å². The van der Waals surface area contributed by atoms with Crippen LogP contribution in [0.2, 0.25) is 0 Å². The maximum absolute atomic E-state index is 14.2. The molecule has 6 rings (SSSR count). The van der Waals surface area contributed by atoms with Crippen LogP contribution in [0.15, 0.2) is 91.0 Å². The lowest BCUT2D eigenvalue weighted by molar-refractivity contribution is -0.168. The van der Waals surface area contributed by atoms with Crippen molar-refractivity contribution in [2.45, 2.75) is 49.9 Å². The number of fused-ring (bicyclic) bond motifs is 3. The first-order valence-electron chi connectivity index (χ1n) is 12.4. The predicted molar refractivity (Wildman–Crippen MR) is 136 cm³/mol. The van der Waals surface area contributed by atoms with Crippen molar-refractivity contribution in [3.05, 3.63) is 108 Å². The number of rotatable bonds is 7. The molecule has 1 aliphatic carbocycles. The van der Waals surface area contributed by atoms with Gasteiger partial charge < -0.3 is 10.0 Å². The zero-order valence-electron chi connectivity index (χ0n) is 20.0. The average Bonchev–Trinajstić information content (AvgIpc) is 2.90. The van der Waals surface area contributed by atoms with Gasteiger partial charge in [0, 0.05) is 24.5 Å². The van der Waals surface area contributed by atoms with E-state index >= 15 is 0 Å². The molecule has 1 N–H and O–H groups in total.